The number of likely N-dealkylation sites (tertiary alicyclic amines) is 1. The molecule has 2 aliphatic heterocycles. The molecule has 2 heterocycles. The van der Waals surface area contributed by atoms with Crippen LogP contribution in [0.3, 0.4) is 0 Å². The molecule has 0 radical (unpaired) electrons. The highest BCUT2D eigenvalue weighted by atomic mass is 32.2. The number of carbonyl (C=O) groups excluding carboxylic acids is 1. The van der Waals surface area contributed by atoms with Crippen molar-refractivity contribution in [3.63, 3.8) is 0 Å². The van der Waals surface area contributed by atoms with Gasteiger partial charge in [0.05, 0.1) is 12.9 Å². The van der Waals surface area contributed by atoms with E-state index in [1.54, 1.807) is 11.4 Å². The van der Waals surface area contributed by atoms with Crippen molar-refractivity contribution in [1.29, 1.82) is 0 Å². The largest absolute Gasteiger partial charge is 0.383 e. The Balaban J connectivity index is 2.12. The zero-order valence-electron chi connectivity index (χ0n) is 12.3. The average molecular weight is 304 g/mol. The van der Waals surface area contributed by atoms with E-state index >= 15 is 0 Å². The smallest absolute Gasteiger partial charge is 0.223 e. The van der Waals surface area contributed by atoms with Gasteiger partial charge < -0.3 is 9.64 Å². The Morgan fingerprint density at radius 2 is 2.00 bits per heavy atom. The maximum atomic E-state index is 12.1. The Bertz CT molecular complexity index is 465. The van der Waals surface area contributed by atoms with E-state index in [0.29, 0.717) is 32.7 Å². The molecule has 2 saturated heterocycles. The minimum Gasteiger partial charge on any atom is -0.383 e. The summed E-state index contributed by atoms with van der Waals surface area (Å²) in [6.07, 6.45) is 5.09. The summed E-state index contributed by atoms with van der Waals surface area (Å²) in [6, 6.07) is 0. The first-order valence-corrected chi connectivity index (χ1v) is 8.98. The SMILES string of the molecule is COCCN1C(=O)CC[C@]12CCCN(S(C)(=O)=O)CC2. The van der Waals surface area contributed by atoms with Gasteiger partial charge in [0.25, 0.3) is 0 Å². The van der Waals surface area contributed by atoms with Crippen molar-refractivity contribution >= 4 is 15.9 Å². The summed E-state index contributed by atoms with van der Waals surface area (Å²) >= 11 is 0. The van der Waals surface area contributed by atoms with Crippen molar-refractivity contribution in [2.75, 3.05) is 39.6 Å². The molecule has 6 nitrogen and oxygen atoms in total. The zero-order valence-corrected chi connectivity index (χ0v) is 13.1. The third-order valence-corrected chi connectivity index (χ3v) is 5.85. The number of methoxy groups -OCH3 is 1. The van der Waals surface area contributed by atoms with Crippen LogP contribution in [0.2, 0.25) is 0 Å². The molecule has 1 atom stereocenters. The molecule has 2 fully saturated rings. The summed E-state index contributed by atoms with van der Waals surface area (Å²) in [4.78, 5) is 14.0. The summed E-state index contributed by atoms with van der Waals surface area (Å²) in [6.45, 7) is 2.21. The summed E-state index contributed by atoms with van der Waals surface area (Å²) in [5, 5.41) is 0. The molecule has 0 N–H and O–H groups in total. The van der Waals surface area contributed by atoms with Crippen molar-refractivity contribution in [1.82, 2.24) is 9.21 Å². The number of sulfonamides is 1. The Morgan fingerprint density at radius 1 is 1.25 bits per heavy atom. The van der Waals surface area contributed by atoms with E-state index in [0.717, 1.165) is 25.7 Å². The molecule has 116 valence electrons. The Hall–Kier alpha value is -0.660. The number of nitrogens with zero attached hydrogens (tertiary/aromatic N) is 2. The normalized spacial score (nSPS) is 29.1. The van der Waals surface area contributed by atoms with E-state index in [1.807, 2.05) is 4.90 Å². The summed E-state index contributed by atoms with van der Waals surface area (Å²) in [5.41, 5.74) is -0.158. The van der Waals surface area contributed by atoms with Gasteiger partial charge in [-0.15, -0.1) is 0 Å². The minimum atomic E-state index is -3.14. The van der Waals surface area contributed by atoms with E-state index < -0.39 is 10.0 Å². The second-order valence-corrected chi connectivity index (χ2v) is 7.76. The highest BCUT2D eigenvalue weighted by Crippen LogP contribution is 2.39. The molecule has 0 unspecified atom stereocenters. The van der Waals surface area contributed by atoms with Crippen molar-refractivity contribution in [3.05, 3.63) is 0 Å². The standard InChI is InChI=1S/C13H24N2O4S/c1-19-11-10-15-12(16)4-6-13(15)5-3-8-14(9-7-13)20(2,17)18/h3-11H2,1-2H3/t13-/m0/s1. The molecule has 0 aromatic heterocycles. The van der Waals surface area contributed by atoms with Gasteiger partial charge in [-0.2, -0.15) is 0 Å². The van der Waals surface area contributed by atoms with Crippen molar-refractivity contribution in [3.8, 4) is 0 Å². The van der Waals surface area contributed by atoms with Crippen LogP contribution in [-0.4, -0.2) is 68.7 Å². The van der Waals surface area contributed by atoms with Gasteiger partial charge in [0.2, 0.25) is 15.9 Å². The van der Waals surface area contributed by atoms with Crippen LogP contribution in [0.15, 0.2) is 0 Å². The number of rotatable bonds is 4. The van der Waals surface area contributed by atoms with Gasteiger partial charge in [0.15, 0.2) is 0 Å². The Labute approximate surface area is 121 Å². The molecule has 2 rings (SSSR count). The molecule has 0 aromatic rings. The topological polar surface area (TPSA) is 66.9 Å². The van der Waals surface area contributed by atoms with Crippen LogP contribution in [0.4, 0.5) is 0 Å². The number of carbonyl (C=O) groups is 1. The molecule has 7 heteroatoms. The van der Waals surface area contributed by atoms with Crippen molar-refractivity contribution in [2.45, 2.75) is 37.6 Å². The second kappa shape index (κ2) is 5.99. The highest BCUT2D eigenvalue weighted by Gasteiger charge is 2.45. The van der Waals surface area contributed by atoms with Gasteiger partial charge in [0.1, 0.15) is 0 Å². The molecule has 0 aromatic carbocycles. The van der Waals surface area contributed by atoms with E-state index in [4.69, 9.17) is 4.74 Å². The first-order chi connectivity index (χ1) is 9.39. The lowest BCUT2D eigenvalue weighted by molar-refractivity contribution is -0.132. The fraction of sp³-hybridized carbons (Fsp3) is 0.923. The number of hydrogen-bond donors (Lipinski definition) is 0. The second-order valence-electron chi connectivity index (χ2n) is 5.78. The predicted molar refractivity (Wildman–Crippen MR) is 75.8 cm³/mol. The summed E-state index contributed by atoms with van der Waals surface area (Å²) in [5.74, 6) is 0.176. The minimum absolute atomic E-state index is 0.158. The number of hydrogen-bond acceptors (Lipinski definition) is 4. The van der Waals surface area contributed by atoms with Crippen molar-refractivity contribution < 1.29 is 17.9 Å². The quantitative estimate of drug-likeness (QED) is 0.756. The third-order valence-electron chi connectivity index (χ3n) is 4.54. The third kappa shape index (κ3) is 3.15. The van der Waals surface area contributed by atoms with E-state index in [1.165, 1.54) is 6.26 Å². The first-order valence-electron chi connectivity index (χ1n) is 7.14. The van der Waals surface area contributed by atoms with Crippen LogP contribution in [0.5, 0.6) is 0 Å². The van der Waals surface area contributed by atoms with Gasteiger partial charge in [-0.1, -0.05) is 0 Å². The Morgan fingerprint density at radius 3 is 2.65 bits per heavy atom. The molecule has 0 bridgehead atoms. The van der Waals surface area contributed by atoms with Crippen LogP contribution in [0, 0.1) is 0 Å². The lowest BCUT2D eigenvalue weighted by Crippen LogP contribution is -2.48. The lowest BCUT2D eigenvalue weighted by Gasteiger charge is -2.38. The highest BCUT2D eigenvalue weighted by molar-refractivity contribution is 7.88. The average Bonchev–Trinajstić information content (AvgIpc) is 2.56. The predicted octanol–water partition coefficient (Wildman–Crippen LogP) is 0.440. The molecule has 0 saturated carbocycles. The number of amides is 1. The van der Waals surface area contributed by atoms with Crippen molar-refractivity contribution in [2.24, 2.45) is 0 Å². The van der Waals surface area contributed by atoms with Crippen LogP contribution in [0.25, 0.3) is 0 Å². The van der Waals surface area contributed by atoms with Crippen LogP contribution in [-0.2, 0) is 19.6 Å². The number of ether oxygens (including phenoxy) is 1. The lowest BCUT2D eigenvalue weighted by atomic mass is 9.88. The molecule has 20 heavy (non-hydrogen) atoms. The van der Waals surface area contributed by atoms with Gasteiger partial charge >= 0.3 is 0 Å². The first kappa shape index (κ1) is 15.7. The summed E-state index contributed by atoms with van der Waals surface area (Å²) < 4.78 is 30.0. The zero-order chi connectivity index (χ0) is 14.8. The van der Waals surface area contributed by atoms with Gasteiger partial charge in [-0.05, 0) is 25.7 Å². The van der Waals surface area contributed by atoms with E-state index in [9.17, 15) is 13.2 Å². The van der Waals surface area contributed by atoms with E-state index in [-0.39, 0.29) is 11.4 Å². The maximum Gasteiger partial charge on any atom is 0.223 e. The Kier molecular flexibility index (Phi) is 4.71. The summed E-state index contributed by atoms with van der Waals surface area (Å²) in [7, 11) is -1.51. The molecular weight excluding hydrogens is 280 g/mol. The van der Waals surface area contributed by atoms with Gasteiger partial charge in [0, 0.05) is 38.7 Å². The fourth-order valence-corrected chi connectivity index (χ4v) is 4.31. The molecular formula is C13H24N2O4S. The monoisotopic (exact) mass is 304 g/mol. The van der Waals surface area contributed by atoms with E-state index in [2.05, 4.69) is 0 Å². The van der Waals surface area contributed by atoms with Gasteiger partial charge in [-0.3, -0.25) is 4.79 Å². The van der Waals surface area contributed by atoms with Crippen LogP contribution < -0.4 is 0 Å². The molecule has 1 amide bonds. The fourth-order valence-electron chi connectivity index (χ4n) is 3.42. The molecule has 0 aliphatic carbocycles. The maximum absolute atomic E-state index is 12.1. The molecule has 1 spiro atoms. The van der Waals surface area contributed by atoms with Crippen LogP contribution in [0.1, 0.15) is 32.1 Å². The van der Waals surface area contributed by atoms with Gasteiger partial charge in [-0.25, -0.2) is 12.7 Å². The van der Waals surface area contributed by atoms with Crippen LogP contribution >= 0.6 is 0 Å². The molecule has 2 aliphatic rings.